The zero-order chi connectivity index (χ0) is 22.9. The number of hydrogen-bond donors (Lipinski definition) is 2. The summed E-state index contributed by atoms with van der Waals surface area (Å²) in [4.78, 5) is 62.6. The summed E-state index contributed by atoms with van der Waals surface area (Å²) in [5, 5.41) is 28.9. The van der Waals surface area contributed by atoms with E-state index in [0.717, 1.165) is 29.8 Å². The lowest BCUT2D eigenvalue weighted by atomic mass is 9.86. The van der Waals surface area contributed by atoms with E-state index in [9.17, 15) is 39.5 Å². The van der Waals surface area contributed by atoms with Crippen molar-refractivity contribution in [2.75, 3.05) is 12.4 Å². The van der Waals surface area contributed by atoms with Crippen molar-refractivity contribution in [2.45, 2.75) is 17.8 Å². The van der Waals surface area contributed by atoms with Crippen molar-refractivity contribution in [1.29, 1.82) is 0 Å². The second-order valence-corrected chi connectivity index (χ2v) is 7.62. The largest absolute Gasteiger partial charge is 0.479 e. The number of nitro groups is 1. The van der Waals surface area contributed by atoms with E-state index < -0.39 is 45.3 Å². The van der Waals surface area contributed by atoms with Crippen LogP contribution in [0.15, 0.2) is 40.5 Å². The van der Waals surface area contributed by atoms with E-state index in [1.165, 1.54) is 24.3 Å². The van der Waals surface area contributed by atoms with Crippen molar-refractivity contribution >= 4 is 47.5 Å². The minimum atomic E-state index is -2.25. The number of thioether (sulfide) groups is 1. The highest BCUT2D eigenvalue weighted by atomic mass is 32.2. The van der Waals surface area contributed by atoms with Crippen molar-refractivity contribution < 1.29 is 39.1 Å². The number of esters is 1. The van der Waals surface area contributed by atoms with Gasteiger partial charge in [0, 0.05) is 36.6 Å². The van der Waals surface area contributed by atoms with Crippen LogP contribution in [0.2, 0.25) is 0 Å². The van der Waals surface area contributed by atoms with E-state index >= 15 is 0 Å². The molecule has 2 aliphatic rings. The third-order valence-corrected chi connectivity index (χ3v) is 6.01. The van der Waals surface area contributed by atoms with Gasteiger partial charge in [-0.15, -0.1) is 11.8 Å². The van der Waals surface area contributed by atoms with Gasteiger partial charge in [-0.25, -0.2) is 9.59 Å². The summed E-state index contributed by atoms with van der Waals surface area (Å²) in [5.41, 5.74) is -2.37. The molecule has 13 heteroatoms. The molecule has 2 N–H and O–H groups in total. The van der Waals surface area contributed by atoms with Crippen molar-refractivity contribution in [2.24, 2.45) is 4.99 Å². The van der Waals surface area contributed by atoms with Gasteiger partial charge in [0.25, 0.3) is 17.1 Å². The van der Waals surface area contributed by atoms with Gasteiger partial charge in [0.05, 0.1) is 4.92 Å². The third kappa shape index (κ3) is 3.74. The minimum Gasteiger partial charge on any atom is -0.479 e. The summed E-state index contributed by atoms with van der Waals surface area (Å²) in [5.74, 6) is -4.68. The van der Waals surface area contributed by atoms with Gasteiger partial charge in [0.1, 0.15) is 17.7 Å². The molecule has 0 radical (unpaired) electrons. The number of carbonyl (C=O) groups excluding carboxylic acids is 2. The minimum absolute atomic E-state index is 0.0193. The summed E-state index contributed by atoms with van der Waals surface area (Å²) in [6, 6.07) is 5.08. The maximum absolute atomic E-state index is 12.8. The number of benzene rings is 1. The number of rotatable bonds is 7. The molecular weight excluding hydrogens is 434 g/mol. The zero-order valence-corrected chi connectivity index (χ0v) is 16.7. The second kappa shape index (κ2) is 8.18. The number of aliphatic imine (C=N–C) groups is 1. The molecule has 3 rings (SSSR count). The number of carboxylic acids is 2. The Morgan fingerprint density at radius 3 is 2.52 bits per heavy atom. The molecule has 31 heavy (non-hydrogen) atoms. The average Bonchev–Trinajstić information content (AvgIpc) is 2.71. The lowest BCUT2D eigenvalue weighted by molar-refractivity contribution is -0.384. The number of carboxylic acid groups (broad SMARTS) is 2. The molecule has 0 unspecified atom stereocenters. The highest BCUT2D eigenvalue weighted by molar-refractivity contribution is 8.00. The predicted octanol–water partition coefficient (Wildman–Crippen LogP) is 0.654. The number of β-lactam (4-membered cyclic amide) rings is 1. The van der Waals surface area contributed by atoms with Gasteiger partial charge in [-0.05, 0) is 17.7 Å². The molecule has 1 fully saturated rings. The van der Waals surface area contributed by atoms with E-state index in [1.54, 1.807) is 0 Å². The van der Waals surface area contributed by atoms with Crippen molar-refractivity contribution in [3.8, 4) is 0 Å². The molecule has 12 nitrogen and oxygen atoms in total. The van der Waals surface area contributed by atoms with Gasteiger partial charge < -0.3 is 14.9 Å². The summed E-state index contributed by atoms with van der Waals surface area (Å²) in [6.07, 6.45) is 1.10. The summed E-state index contributed by atoms with van der Waals surface area (Å²) in [6.45, 7) is 0.809. The smallest absolute Gasteiger partial charge is 0.352 e. The van der Waals surface area contributed by atoms with E-state index in [2.05, 4.69) is 4.99 Å². The molecule has 2 atom stereocenters. The average molecular weight is 449 g/mol. The fraction of sp³-hybridized carbons (Fsp3) is 0.278. The lowest BCUT2D eigenvalue weighted by Gasteiger charge is -2.52. The third-order valence-electron chi connectivity index (χ3n) is 4.63. The van der Waals surface area contributed by atoms with Crippen LogP contribution < -0.4 is 0 Å². The summed E-state index contributed by atoms with van der Waals surface area (Å²) in [7, 11) is 0. The Labute approximate surface area is 178 Å². The Kier molecular flexibility index (Phi) is 5.79. The first-order valence-corrected chi connectivity index (χ1v) is 9.71. The van der Waals surface area contributed by atoms with Crippen molar-refractivity contribution in [1.82, 2.24) is 4.90 Å². The van der Waals surface area contributed by atoms with Crippen LogP contribution in [0.4, 0.5) is 5.69 Å². The number of nitro benzene ring substituents is 1. The summed E-state index contributed by atoms with van der Waals surface area (Å²) >= 11 is 0.983. The molecule has 2 heterocycles. The van der Waals surface area contributed by atoms with Gasteiger partial charge in [-0.2, -0.15) is 0 Å². The number of non-ortho nitro benzene ring substituents is 1. The molecule has 1 saturated heterocycles. The fourth-order valence-corrected chi connectivity index (χ4v) is 4.56. The van der Waals surface area contributed by atoms with Crippen LogP contribution in [-0.2, 0) is 23.9 Å². The van der Waals surface area contributed by atoms with Crippen LogP contribution in [0.3, 0.4) is 0 Å². The molecule has 1 amide bonds. The number of amides is 1. The van der Waals surface area contributed by atoms with Crippen LogP contribution in [0, 0.1) is 10.1 Å². The highest BCUT2D eigenvalue weighted by Gasteiger charge is 2.69. The van der Waals surface area contributed by atoms with E-state index in [4.69, 9.17) is 4.74 Å². The lowest BCUT2D eigenvalue weighted by Crippen LogP contribution is -2.76. The maximum atomic E-state index is 12.8. The van der Waals surface area contributed by atoms with Crippen LogP contribution in [0.5, 0.6) is 0 Å². The molecule has 0 bridgehead atoms. The summed E-state index contributed by atoms with van der Waals surface area (Å²) < 4.78 is 4.83. The van der Waals surface area contributed by atoms with Crippen LogP contribution in [0.25, 0.3) is 0 Å². The molecule has 0 aromatic heterocycles. The first kappa shape index (κ1) is 22.0. The quantitative estimate of drug-likeness (QED) is 0.150. The molecular formula is C18H15N3O9S. The number of fused-ring (bicyclic) bond motifs is 1. The van der Waals surface area contributed by atoms with Gasteiger partial charge in [-0.3, -0.25) is 29.6 Å². The molecule has 0 aliphatic carbocycles. The number of nitrogens with zero attached hydrogens (tertiary/aromatic N) is 3. The first-order chi connectivity index (χ1) is 14.6. The van der Waals surface area contributed by atoms with Crippen molar-refractivity contribution in [3.63, 3.8) is 0 Å². The van der Waals surface area contributed by atoms with E-state index in [0.29, 0.717) is 5.56 Å². The Balaban J connectivity index is 1.93. The van der Waals surface area contributed by atoms with E-state index in [1.807, 2.05) is 0 Å². The zero-order valence-electron chi connectivity index (χ0n) is 15.9. The fourth-order valence-electron chi connectivity index (χ4n) is 3.13. The van der Waals surface area contributed by atoms with Gasteiger partial charge in [0.2, 0.25) is 0 Å². The Morgan fingerprint density at radius 2 is 2.00 bits per heavy atom. The Morgan fingerprint density at radius 1 is 1.35 bits per heavy atom. The predicted molar refractivity (Wildman–Crippen MR) is 105 cm³/mol. The first-order valence-electron chi connectivity index (χ1n) is 8.66. The second-order valence-electron chi connectivity index (χ2n) is 6.55. The van der Waals surface area contributed by atoms with Gasteiger partial charge >= 0.3 is 17.9 Å². The number of hydrogen-bond acceptors (Lipinski definition) is 9. The standard InChI is InChI=1S/C18H15N3O9S/c1-9(22)30-7-11-8-31-16-18(17(26)27,15(25)20(16)13(11)14(23)24)19-6-10-2-4-12(5-3-10)21(28)29/h2-6,16H,7-8H2,1H3,(H,23,24)(H,26,27)/t16-,18+/m1/s1. The monoisotopic (exact) mass is 449 g/mol. The van der Waals surface area contributed by atoms with Gasteiger partial charge in [0.15, 0.2) is 0 Å². The van der Waals surface area contributed by atoms with Gasteiger partial charge in [-0.1, -0.05) is 0 Å². The van der Waals surface area contributed by atoms with Crippen LogP contribution in [-0.4, -0.2) is 73.3 Å². The Bertz CT molecular complexity index is 1050. The molecule has 0 spiro atoms. The molecule has 2 aliphatic heterocycles. The molecule has 1 aromatic rings. The Hall–Kier alpha value is -3.74. The maximum Gasteiger partial charge on any atom is 0.352 e. The van der Waals surface area contributed by atoms with Crippen LogP contribution in [0.1, 0.15) is 12.5 Å². The van der Waals surface area contributed by atoms with E-state index in [-0.39, 0.29) is 23.6 Å². The molecule has 0 saturated carbocycles. The highest BCUT2D eigenvalue weighted by Crippen LogP contribution is 2.48. The molecule has 1 aromatic carbocycles. The normalized spacial score (nSPS) is 22.7. The number of ether oxygens (including phenoxy) is 1. The number of carbonyl (C=O) groups is 4. The molecule has 162 valence electrons. The SMILES string of the molecule is CC(=O)OCC1=C(C(=O)O)N2C(=O)[C@@](N=Cc3ccc([N+](=O)[O-])cc3)(C(=O)O)[C@H]2SC1. The van der Waals surface area contributed by atoms with Crippen molar-refractivity contribution in [3.05, 3.63) is 51.2 Å². The topological polar surface area (TPSA) is 177 Å². The van der Waals surface area contributed by atoms with Crippen LogP contribution >= 0.6 is 11.8 Å². The number of aliphatic carboxylic acids is 2.